The summed E-state index contributed by atoms with van der Waals surface area (Å²) in [5, 5.41) is 8.82. The highest BCUT2D eigenvalue weighted by molar-refractivity contribution is 7.91. The van der Waals surface area contributed by atoms with Crippen LogP contribution in [0.1, 0.15) is 20.3 Å². The summed E-state index contributed by atoms with van der Waals surface area (Å²) in [7, 11) is -3.17. The Labute approximate surface area is 112 Å². The van der Waals surface area contributed by atoms with Crippen LogP contribution in [0.25, 0.3) is 0 Å². The fourth-order valence-electron chi connectivity index (χ4n) is 1.91. The summed E-state index contributed by atoms with van der Waals surface area (Å²) in [5.74, 6) is -1.83. The quantitative estimate of drug-likeness (QED) is 0.709. The SMILES string of the molecule is CC(C)OCC(=O)N(CC(=O)O)C1CCS(=O)(=O)C1. The van der Waals surface area contributed by atoms with Crippen LogP contribution in [-0.2, 0) is 24.2 Å². The first-order valence-electron chi connectivity index (χ1n) is 6.04. The summed E-state index contributed by atoms with van der Waals surface area (Å²) in [4.78, 5) is 23.8. The number of carboxylic acids is 1. The van der Waals surface area contributed by atoms with E-state index in [2.05, 4.69) is 0 Å². The van der Waals surface area contributed by atoms with Gasteiger partial charge < -0.3 is 14.7 Å². The lowest BCUT2D eigenvalue weighted by molar-refractivity contribution is -0.148. The Balaban J connectivity index is 2.72. The average molecular weight is 293 g/mol. The Morgan fingerprint density at radius 1 is 1.42 bits per heavy atom. The van der Waals surface area contributed by atoms with Gasteiger partial charge in [0.05, 0.1) is 17.6 Å². The number of hydrogen-bond donors (Lipinski definition) is 1. The molecule has 1 heterocycles. The van der Waals surface area contributed by atoms with E-state index < -0.39 is 34.3 Å². The zero-order valence-corrected chi connectivity index (χ0v) is 11.9. The molecule has 0 radical (unpaired) electrons. The third-order valence-electron chi connectivity index (χ3n) is 2.82. The summed E-state index contributed by atoms with van der Waals surface area (Å²) in [6.45, 7) is 2.78. The van der Waals surface area contributed by atoms with Crippen molar-refractivity contribution in [2.24, 2.45) is 0 Å². The van der Waals surface area contributed by atoms with E-state index in [0.717, 1.165) is 4.90 Å². The molecule has 1 N–H and O–H groups in total. The molecule has 1 saturated heterocycles. The van der Waals surface area contributed by atoms with E-state index in [-0.39, 0.29) is 30.6 Å². The third-order valence-corrected chi connectivity index (χ3v) is 4.57. The molecule has 0 aliphatic carbocycles. The molecule has 0 bridgehead atoms. The molecule has 1 amide bonds. The van der Waals surface area contributed by atoms with Gasteiger partial charge in [0.2, 0.25) is 5.91 Å². The van der Waals surface area contributed by atoms with Crippen LogP contribution in [0.15, 0.2) is 0 Å². The lowest BCUT2D eigenvalue weighted by atomic mass is 10.2. The predicted octanol–water partition coefficient (Wildman–Crippen LogP) is -0.488. The molecule has 0 spiro atoms. The molecular formula is C11H19NO6S. The Kier molecular flexibility index (Phi) is 5.30. The average Bonchev–Trinajstić information content (AvgIpc) is 2.62. The zero-order valence-electron chi connectivity index (χ0n) is 11.0. The van der Waals surface area contributed by atoms with E-state index in [1.807, 2.05) is 0 Å². The first-order chi connectivity index (χ1) is 8.71. The molecule has 8 heteroatoms. The minimum Gasteiger partial charge on any atom is -0.480 e. The Morgan fingerprint density at radius 3 is 2.47 bits per heavy atom. The highest BCUT2D eigenvalue weighted by atomic mass is 32.2. The summed E-state index contributed by atoms with van der Waals surface area (Å²) in [6, 6.07) is -0.565. The van der Waals surface area contributed by atoms with Gasteiger partial charge in [-0.3, -0.25) is 9.59 Å². The molecular weight excluding hydrogens is 274 g/mol. The molecule has 1 aliphatic heterocycles. The van der Waals surface area contributed by atoms with Crippen molar-refractivity contribution < 1.29 is 27.9 Å². The maximum absolute atomic E-state index is 11.9. The zero-order chi connectivity index (χ0) is 14.6. The molecule has 1 unspecified atom stereocenters. The van der Waals surface area contributed by atoms with Crippen LogP contribution in [-0.4, -0.2) is 67.1 Å². The minimum atomic E-state index is -3.17. The lowest BCUT2D eigenvalue weighted by Crippen LogP contribution is -2.46. The molecule has 0 aromatic rings. The van der Waals surface area contributed by atoms with Crippen molar-refractivity contribution in [2.75, 3.05) is 24.7 Å². The standard InChI is InChI=1S/C11H19NO6S/c1-8(2)18-6-10(13)12(5-11(14)15)9-3-4-19(16,17)7-9/h8-9H,3-7H2,1-2H3,(H,14,15). The minimum absolute atomic E-state index is 0.00783. The first kappa shape index (κ1) is 15.9. The normalized spacial score (nSPS) is 21.5. The fraction of sp³-hybridized carbons (Fsp3) is 0.818. The van der Waals surface area contributed by atoms with Crippen LogP contribution >= 0.6 is 0 Å². The summed E-state index contributed by atoms with van der Waals surface area (Å²) >= 11 is 0. The van der Waals surface area contributed by atoms with E-state index in [1.165, 1.54) is 0 Å². The van der Waals surface area contributed by atoms with Crippen molar-refractivity contribution in [1.82, 2.24) is 4.90 Å². The summed E-state index contributed by atoms with van der Waals surface area (Å²) in [6.07, 6.45) is 0.131. The number of aliphatic carboxylic acids is 1. The molecule has 0 aromatic heterocycles. The van der Waals surface area contributed by atoms with Gasteiger partial charge in [0, 0.05) is 6.04 Å². The highest BCUT2D eigenvalue weighted by Gasteiger charge is 2.35. The van der Waals surface area contributed by atoms with E-state index in [0.29, 0.717) is 0 Å². The highest BCUT2D eigenvalue weighted by Crippen LogP contribution is 2.18. The summed E-state index contributed by atoms with van der Waals surface area (Å²) < 4.78 is 28.0. The Hall–Kier alpha value is -1.15. The molecule has 1 aliphatic rings. The van der Waals surface area contributed by atoms with Gasteiger partial charge in [-0.25, -0.2) is 8.42 Å². The van der Waals surface area contributed by atoms with Crippen molar-refractivity contribution in [2.45, 2.75) is 32.4 Å². The van der Waals surface area contributed by atoms with Crippen LogP contribution in [0.4, 0.5) is 0 Å². The molecule has 19 heavy (non-hydrogen) atoms. The van der Waals surface area contributed by atoms with E-state index in [4.69, 9.17) is 9.84 Å². The monoisotopic (exact) mass is 293 g/mol. The van der Waals surface area contributed by atoms with Crippen LogP contribution in [0.3, 0.4) is 0 Å². The molecule has 0 saturated carbocycles. The molecule has 1 fully saturated rings. The van der Waals surface area contributed by atoms with Gasteiger partial charge >= 0.3 is 5.97 Å². The largest absolute Gasteiger partial charge is 0.480 e. The Bertz CT molecular complexity index is 444. The number of hydrogen-bond acceptors (Lipinski definition) is 5. The van der Waals surface area contributed by atoms with E-state index in [1.54, 1.807) is 13.8 Å². The van der Waals surface area contributed by atoms with Crippen molar-refractivity contribution in [3.63, 3.8) is 0 Å². The smallest absolute Gasteiger partial charge is 0.323 e. The van der Waals surface area contributed by atoms with Crippen LogP contribution in [0, 0.1) is 0 Å². The topological polar surface area (TPSA) is 101 Å². The number of rotatable bonds is 6. The van der Waals surface area contributed by atoms with Gasteiger partial charge in [-0.2, -0.15) is 0 Å². The van der Waals surface area contributed by atoms with Crippen molar-refractivity contribution in [3.8, 4) is 0 Å². The fourth-order valence-corrected chi connectivity index (χ4v) is 3.64. The second-order valence-electron chi connectivity index (χ2n) is 4.83. The van der Waals surface area contributed by atoms with Gasteiger partial charge in [0.1, 0.15) is 13.2 Å². The maximum Gasteiger partial charge on any atom is 0.323 e. The van der Waals surface area contributed by atoms with E-state index in [9.17, 15) is 18.0 Å². The van der Waals surface area contributed by atoms with Gasteiger partial charge in [0.15, 0.2) is 9.84 Å². The van der Waals surface area contributed by atoms with Crippen molar-refractivity contribution in [3.05, 3.63) is 0 Å². The van der Waals surface area contributed by atoms with Crippen molar-refractivity contribution in [1.29, 1.82) is 0 Å². The lowest BCUT2D eigenvalue weighted by Gasteiger charge is -2.26. The van der Waals surface area contributed by atoms with E-state index >= 15 is 0 Å². The number of carboxylic acid groups (broad SMARTS) is 1. The third kappa shape index (κ3) is 5.15. The number of amides is 1. The number of carbonyl (C=O) groups excluding carboxylic acids is 1. The molecule has 1 rings (SSSR count). The van der Waals surface area contributed by atoms with Gasteiger partial charge in [-0.1, -0.05) is 0 Å². The van der Waals surface area contributed by atoms with Crippen LogP contribution in [0.2, 0.25) is 0 Å². The second-order valence-corrected chi connectivity index (χ2v) is 7.06. The molecule has 0 aromatic carbocycles. The molecule has 110 valence electrons. The van der Waals surface area contributed by atoms with Crippen LogP contribution < -0.4 is 0 Å². The van der Waals surface area contributed by atoms with Gasteiger partial charge in [0.25, 0.3) is 0 Å². The molecule has 1 atom stereocenters. The number of ether oxygens (including phenoxy) is 1. The number of nitrogens with zero attached hydrogens (tertiary/aromatic N) is 1. The Morgan fingerprint density at radius 2 is 2.05 bits per heavy atom. The number of sulfone groups is 1. The second kappa shape index (κ2) is 6.33. The van der Waals surface area contributed by atoms with Gasteiger partial charge in [-0.05, 0) is 20.3 Å². The van der Waals surface area contributed by atoms with Crippen molar-refractivity contribution >= 4 is 21.7 Å². The summed E-state index contributed by atoms with van der Waals surface area (Å²) in [5.41, 5.74) is 0. The predicted molar refractivity (Wildman–Crippen MR) is 67.5 cm³/mol. The van der Waals surface area contributed by atoms with Gasteiger partial charge in [-0.15, -0.1) is 0 Å². The maximum atomic E-state index is 11.9. The first-order valence-corrected chi connectivity index (χ1v) is 7.86. The van der Waals surface area contributed by atoms with Crippen LogP contribution in [0.5, 0.6) is 0 Å². The number of carbonyl (C=O) groups is 2. The molecule has 7 nitrogen and oxygen atoms in total.